The van der Waals surface area contributed by atoms with E-state index in [4.69, 9.17) is 0 Å². The molecule has 0 spiro atoms. The molecule has 0 bridgehead atoms. The molecule has 1 aliphatic rings. The maximum Gasteiger partial charge on any atom is 0.306 e. The van der Waals surface area contributed by atoms with E-state index in [0.717, 1.165) is 6.42 Å². The van der Waals surface area contributed by atoms with Crippen LogP contribution in [0, 0.1) is 29.6 Å². The van der Waals surface area contributed by atoms with Crippen LogP contribution in [0.15, 0.2) is 60.7 Å². The summed E-state index contributed by atoms with van der Waals surface area (Å²) in [6, 6.07) is 20.4. The van der Waals surface area contributed by atoms with Gasteiger partial charge in [-0.05, 0) is 48.1 Å². The van der Waals surface area contributed by atoms with Crippen LogP contribution in [0.3, 0.4) is 0 Å². The van der Waals surface area contributed by atoms with Crippen LogP contribution in [0.5, 0.6) is 0 Å². The Morgan fingerprint density at radius 1 is 0.914 bits per heavy atom. The summed E-state index contributed by atoms with van der Waals surface area (Å²) in [6.45, 7) is 5.79. The lowest BCUT2D eigenvalue weighted by Crippen LogP contribution is -2.44. The van der Waals surface area contributed by atoms with E-state index in [9.17, 15) is 24.6 Å². The number of benzene rings is 2. The third-order valence-electron chi connectivity index (χ3n) is 7.85. The van der Waals surface area contributed by atoms with Crippen molar-refractivity contribution in [3.8, 4) is 0 Å². The van der Waals surface area contributed by atoms with Gasteiger partial charge < -0.3 is 15.5 Å². The lowest BCUT2D eigenvalue weighted by Gasteiger charge is -2.36. The third kappa shape index (κ3) is 6.50. The number of carbonyl (C=O) groups is 3. The molecule has 1 amide bonds. The third-order valence-corrected chi connectivity index (χ3v) is 7.85. The Balaban J connectivity index is 1.92. The summed E-state index contributed by atoms with van der Waals surface area (Å²) >= 11 is 0. The Labute approximate surface area is 207 Å². The van der Waals surface area contributed by atoms with Crippen LogP contribution in [0.1, 0.15) is 63.5 Å². The van der Waals surface area contributed by atoms with Crippen molar-refractivity contribution in [3.63, 3.8) is 0 Å². The minimum atomic E-state index is -0.985. The lowest BCUT2D eigenvalue weighted by molar-refractivity contribution is -0.144. The highest BCUT2D eigenvalue weighted by Crippen LogP contribution is 2.44. The minimum absolute atomic E-state index is 0.106. The van der Waals surface area contributed by atoms with Crippen molar-refractivity contribution in [2.45, 2.75) is 58.4 Å². The number of carbonyl (C=O) groups excluding carboxylic acids is 1. The fraction of sp³-hybridized carbons (Fsp3) is 0.483. The summed E-state index contributed by atoms with van der Waals surface area (Å²) < 4.78 is 0. The molecule has 188 valence electrons. The van der Waals surface area contributed by atoms with Crippen LogP contribution >= 0.6 is 0 Å². The summed E-state index contributed by atoms with van der Waals surface area (Å²) in [5, 5.41) is 22.4. The molecule has 3 N–H and O–H groups in total. The lowest BCUT2D eigenvalue weighted by atomic mass is 9.71. The second-order valence-electron chi connectivity index (χ2n) is 9.98. The second-order valence-corrected chi connectivity index (χ2v) is 9.98. The molecule has 6 atom stereocenters. The van der Waals surface area contributed by atoms with Gasteiger partial charge in [0.15, 0.2) is 0 Å². The van der Waals surface area contributed by atoms with Gasteiger partial charge in [0.2, 0.25) is 5.91 Å². The van der Waals surface area contributed by atoms with Crippen molar-refractivity contribution >= 4 is 17.8 Å². The van der Waals surface area contributed by atoms with Gasteiger partial charge in [-0.2, -0.15) is 0 Å². The van der Waals surface area contributed by atoms with Gasteiger partial charge in [0.1, 0.15) is 0 Å². The Morgan fingerprint density at radius 3 is 1.89 bits per heavy atom. The molecule has 0 aromatic heterocycles. The molecule has 1 aliphatic carbocycles. The zero-order valence-corrected chi connectivity index (χ0v) is 20.8. The first-order valence-electron chi connectivity index (χ1n) is 12.5. The number of rotatable bonds is 11. The quantitative estimate of drug-likeness (QED) is 0.412. The van der Waals surface area contributed by atoms with E-state index in [1.165, 1.54) is 18.1 Å². The zero-order valence-electron chi connectivity index (χ0n) is 20.8. The van der Waals surface area contributed by atoms with E-state index in [0.29, 0.717) is 6.42 Å². The van der Waals surface area contributed by atoms with Gasteiger partial charge in [0.25, 0.3) is 0 Å². The standard InChI is InChI=1S/C29H37NO5/c1-4-20(18(2)27(21-11-7-5-8-12-21)22-13-9-6-10-14-22)17-26(30-19(3)31)24-15-23(28(32)33)16-25(24)29(34)35/h5-14,18,20,23-27H,4,15-17H2,1-3H3,(H,30,31)(H,32,33)(H,34,35)/t18-,20?,23+,24+,25+,26?/m0/s1. The largest absolute Gasteiger partial charge is 0.481 e. The Kier molecular flexibility index (Phi) is 9.07. The molecule has 0 heterocycles. The van der Waals surface area contributed by atoms with Gasteiger partial charge in [-0.15, -0.1) is 0 Å². The first kappa shape index (κ1) is 26.5. The number of hydrogen-bond acceptors (Lipinski definition) is 3. The summed E-state index contributed by atoms with van der Waals surface area (Å²) in [4.78, 5) is 35.8. The molecule has 0 saturated heterocycles. The van der Waals surface area contributed by atoms with E-state index >= 15 is 0 Å². The monoisotopic (exact) mass is 479 g/mol. The van der Waals surface area contributed by atoms with Gasteiger partial charge in [0, 0.05) is 18.9 Å². The molecule has 3 rings (SSSR count). The van der Waals surface area contributed by atoms with Crippen LogP contribution in [-0.4, -0.2) is 34.1 Å². The van der Waals surface area contributed by atoms with Crippen LogP contribution in [0.2, 0.25) is 0 Å². The second kappa shape index (κ2) is 12.0. The fourth-order valence-corrected chi connectivity index (χ4v) is 6.07. The first-order valence-corrected chi connectivity index (χ1v) is 12.5. The molecule has 0 radical (unpaired) electrons. The van der Waals surface area contributed by atoms with Crippen molar-refractivity contribution in [2.75, 3.05) is 0 Å². The Bertz CT molecular complexity index is 953. The van der Waals surface area contributed by atoms with Crippen molar-refractivity contribution in [2.24, 2.45) is 29.6 Å². The number of aliphatic carboxylic acids is 2. The number of amides is 1. The summed E-state index contributed by atoms with van der Waals surface area (Å²) in [7, 11) is 0. The van der Waals surface area contributed by atoms with Crippen LogP contribution in [0.4, 0.5) is 0 Å². The van der Waals surface area contributed by atoms with Gasteiger partial charge >= 0.3 is 11.9 Å². The van der Waals surface area contributed by atoms with Gasteiger partial charge in [0.05, 0.1) is 11.8 Å². The van der Waals surface area contributed by atoms with Crippen LogP contribution < -0.4 is 5.32 Å². The SMILES string of the molecule is CCC(CC(NC(C)=O)[C@@H]1C[C@@H](C(=O)O)C[C@H]1C(=O)O)[C@H](C)C(c1ccccc1)c1ccccc1. The summed E-state index contributed by atoms with van der Waals surface area (Å²) in [5.41, 5.74) is 2.44. The van der Waals surface area contributed by atoms with Gasteiger partial charge in [-0.1, -0.05) is 80.9 Å². The molecule has 2 aromatic rings. The maximum absolute atomic E-state index is 12.1. The molecular formula is C29H37NO5. The number of carboxylic acid groups (broad SMARTS) is 2. The van der Waals surface area contributed by atoms with E-state index in [2.05, 4.69) is 43.4 Å². The van der Waals surface area contributed by atoms with E-state index < -0.39 is 35.7 Å². The average molecular weight is 480 g/mol. The molecule has 1 fully saturated rings. The molecular weight excluding hydrogens is 442 g/mol. The number of hydrogen-bond donors (Lipinski definition) is 3. The predicted octanol–water partition coefficient (Wildman–Crippen LogP) is 5.19. The van der Waals surface area contributed by atoms with Crippen LogP contribution in [0.25, 0.3) is 0 Å². The van der Waals surface area contributed by atoms with Gasteiger partial charge in [-0.25, -0.2) is 0 Å². The molecule has 6 nitrogen and oxygen atoms in total. The summed E-state index contributed by atoms with van der Waals surface area (Å²) in [6.07, 6.45) is 1.84. The van der Waals surface area contributed by atoms with Crippen molar-refractivity contribution < 1.29 is 24.6 Å². The molecule has 0 aliphatic heterocycles. The van der Waals surface area contributed by atoms with Gasteiger partial charge in [-0.3, -0.25) is 14.4 Å². The van der Waals surface area contributed by atoms with Crippen LogP contribution in [-0.2, 0) is 14.4 Å². The number of carboxylic acids is 2. The molecule has 35 heavy (non-hydrogen) atoms. The van der Waals surface area contributed by atoms with Crippen molar-refractivity contribution in [3.05, 3.63) is 71.8 Å². The van der Waals surface area contributed by atoms with Crippen molar-refractivity contribution in [1.82, 2.24) is 5.32 Å². The van der Waals surface area contributed by atoms with E-state index in [-0.39, 0.29) is 36.5 Å². The highest BCUT2D eigenvalue weighted by atomic mass is 16.4. The smallest absolute Gasteiger partial charge is 0.306 e. The average Bonchev–Trinajstić information content (AvgIpc) is 3.29. The maximum atomic E-state index is 12.1. The zero-order chi connectivity index (χ0) is 25.5. The molecule has 6 heteroatoms. The van der Waals surface area contributed by atoms with E-state index in [1.54, 1.807) is 0 Å². The number of nitrogens with one attached hydrogen (secondary N) is 1. The predicted molar refractivity (Wildman–Crippen MR) is 135 cm³/mol. The van der Waals surface area contributed by atoms with Crippen molar-refractivity contribution in [1.29, 1.82) is 0 Å². The Hall–Kier alpha value is -3.15. The van der Waals surface area contributed by atoms with E-state index in [1.807, 2.05) is 36.4 Å². The Morgan fingerprint density at radius 2 is 1.46 bits per heavy atom. The molecule has 2 aromatic carbocycles. The molecule has 2 unspecified atom stereocenters. The summed E-state index contributed by atoms with van der Waals surface area (Å²) in [5.74, 6) is -3.51. The minimum Gasteiger partial charge on any atom is -0.481 e. The topological polar surface area (TPSA) is 104 Å². The highest BCUT2D eigenvalue weighted by Gasteiger charge is 2.46. The highest BCUT2D eigenvalue weighted by molar-refractivity contribution is 5.76. The first-order chi connectivity index (χ1) is 16.7. The normalized spacial score (nSPS) is 22.3. The fourth-order valence-electron chi connectivity index (χ4n) is 6.07. The molecule has 1 saturated carbocycles.